The number of anilines is 1. The Bertz CT molecular complexity index is 1090. The number of benzene rings is 2. The Kier molecular flexibility index (Phi) is 9.00. The number of carbonyl (C=O) groups is 3. The van der Waals surface area contributed by atoms with Gasteiger partial charge in [0.15, 0.2) is 0 Å². The molecule has 1 aliphatic rings. The van der Waals surface area contributed by atoms with Gasteiger partial charge >= 0.3 is 5.97 Å². The van der Waals surface area contributed by atoms with Gasteiger partial charge in [0.2, 0.25) is 5.91 Å². The summed E-state index contributed by atoms with van der Waals surface area (Å²) in [5.41, 5.74) is 4.07. The molecule has 2 aromatic carbocycles. The Morgan fingerprint density at radius 2 is 1.71 bits per heavy atom. The predicted octanol–water partition coefficient (Wildman–Crippen LogP) is 4.16. The summed E-state index contributed by atoms with van der Waals surface area (Å²) < 4.78 is 0. The number of amides is 2. The van der Waals surface area contributed by atoms with E-state index >= 15 is 0 Å². The number of carboxylic acid groups (broad SMARTS) is 1. The number of rotatable bonds is 11. The Morgan fingerprint density at radius 3 is 2.34 bits per heavy atom. The van der Waals surface area contributed by atoms with Gasteiger partial charge in [-0.15, -0.1) is 0 Å². The van der Waals surface area contributed by atoms with Crippen molar-refractivity contribution in [1.82, 2.24) is 10.6 Å². The Balaban J connectivity index is 1.85. The number of fused-ring (bicyclic) bond motifs is 1. The summed E-state index contributed by atoms with van der Waals surface area (Å²) in [4.78, 5) is 42.1. The van der Waals surface area contributed by atoms with Crippen molar-refractivity contribution in [2.45, 2.75) is 52.5 Å². The number of hydrogen-bond acceptors (Lipinski definition) is 5. The van der Waals surface area contributed by atoms with Crippen LogP contribution in [0.5, 0.6) is 0 Å². The fourth-order valence-electron chi connectivity index (χ4n) is 4.25. The van der Waals surface area contributed by atoms with Crippen molar-refractivity contribution in [3.05, 3.63) is 59.2 Å². The molecule has 3 rings (SSSR count). The first kappa shape index (κ1) is 25.9. The predicted molar refractivity (Wildman–Crippen MR) is 138 cm³/mol. The number of nitrogens with zero attached hydrogens (tertiary/aromatic N) is 2. The molecule has 2 amide bonds. The van der Waals surface area contributed by atoms with Crippen LogP contribution in [0.2, 0.25) is 0 Å². The third-order valence-electron chi connectivity index (χ3n) is 6.18. The average molecular weight is 479 g/mol. The minimum absolute atomic E-state index is 0.136. The van der Waals surface area contributed by atoms with Gasteiger partial charge in [0.25, 0.3) is 5.91 Å². The van der Waals surface area contributed by atoms with Gasteiger partial charge in [-0.25, -0.2) is 9.79 Å². The molecule has 2 aromatic rings. The number of hydrogen-bond donors (Lipinski definition) is 3. The quantitative estimate of drug-likeness (QED) is 0.420. The fraction of sp³-hybridized carbons (Fsp3) is 0.407. The molecule has 186 valence electrons. The molecule has 0 bridgehead atoms. The van der Waals surface area contributed by atoms with E-state index in [0.29, 0.717) is 36.9 Å². The average Bonchev–Trinajstić information content (AvgIpc) is 2.86. The van der Waals surface area contributed by atoms with E-state index in [2.05, 4.69) is 29.4 Å². The highest BCUT2D eigenvalue weighted by Gasteiger charge is 2.26. The molecule has 0 fully saturated rings. The fourth-order valence-corrected chi connectivity index (χ4v) is 4.25. The first-order valence-electron chi connectivity index (χ1n) is 12.2. The zero-order chi connectivity index (χ0) is 25.4. The lowest BCUT2D eigenvalue weighted by atomic mass is 9.99. The van der Waals surface area contributed by atoms with Crippen LogP contribution in [0.25, 0.3) is 0 Å². The Morgan fingerprint density at radius 1 is 1.03 bits per heavy atom. The van der Waals surface area contributed by atoms with Crippen LogP contribution in [-0.2, 0) is 4.79 Å². The number of aromatic carboxylic acids is 1. The van der Waals surface area contributed by atoms with E-state index in [9.17, 15) is 19.5 Å². The van der Waals surface area contributed by atoms with Gasteiger partial charge in [0.1, 0.15) is 0 Å². The van der Waals surface area contributed by atoms with Crippen LogP contribution >= 0.6 is 0 Å². The summed E-state index contributed by atoms with van der Waals surface area (Å²) in [7, 11) is 0. The third-order valence-corrected chi connectivity index (χ3v) is 6.18. The van der Waals surface area contributed by atoms with Crippen LogP contribution in [-0.4, -0.2) is 54.3 Å². The standard InChI is InChI=1S/C27H34N4O4/c1-4-6-7-22(5-2)31-17-24(30-23-16-21(27(34)35)12-13-25(23)31)19-8-10-20(11-9-19)26(33)29-15-14-28-18(3)32/h8-13,16,22H,4-7,14-15,17H2,1-3H3,(H,28,32)(H,29,33)(H,34,35). The number of nitrogens with one attached hydrogen (secondary N) is 2. The molecule has 0 saturated carbocycles. The molecular weight excluding hydrogens is 444 g/mol. The van der Waals surface area contributed by atoms with Crippen molar-refractivity contribution in [1.29, 1.82) is 0 Å². The molecule has 1 aliphatic heterocycles. The first-order valence-corrected chi connectivity index (χ1v) is 12.2. The maximum absolute atomic E-state index is 12.4. The van der Waals surface area contributed by atoms with Crippen molar-refractivity contribution >= 4 is 34.9 Å². The van der Waals surface area contributed by atoms with Crippen LogP contribution in [0.3, 0.4) is 0 Å². The monoisotopic (exact) mass is 478 g/mol. The van der Waals surface area contributed by atoms with E-state index in [1.165, 1.54) is 6.92 Å². The summed E-state index contributed by atoms with van der Waals surface area (Å²) >= 11 is 0. The van der Waals surface area contributed by atoms with Crippen molar-refractivity contribution in [2.75, 3.05) is 24.5 Å². The van der Waals surface area contributed by atoms with Crippen LogP contribution in [0.15, 0.2) is 47.5 Å². The number of unbranched alkanes of at least 4 members (excludes halogenated alkanes) is 1. The molecule has 0 radical (unpaired) electrons. The lowest BCUT2D eigenvalue weighted by molar-refractivity contribution is -0.118. The third kappa shape index (κ3) is 6.68. The lowest BCUT2D eigenvalue weighted by Gasteiger charge is -2.37. The number of aliphatic imine (C=N–C) groups is 1. The highest BCUT2D eigenvalue weighted by molar-refractivity contribution is 6.08. The maximum Gasteiger partial charge on any atom is 0.335 e. The van der Waals surface area contributed by atoms with Gasteiger partial charge < -0.3 is 20.6 Å². The van der Waals surface area contributed by atoms with Gasteiger partial charge in [0, 0.05) is 31.6 Å². The zero-order valence-corrected chi connectivity index (χ0v) is 20.6. The summed E-state index contributed by atoms with van der Waals surface area (Å²) in [5.74, 6) is -1.33. The second kappa shape index (κ2) is 12.1. The number of carbonyl (C=O) groups excluding carboxylic acids is 2. The molecule has 0 aliphatic carbocycles. The molecular formula is C27H34N4O4. The summed E-state index contributed by atoms with van der Waals surface area (Å²) in [6.07, 6.45) is 4.27. The molecule has 35 heavy (non-hydrogen) atoms. The normalized spacial score (nSPS) is 13.5. The highest BCUT2D eigenvalue weighted by Crippen LogP contribution is 2.37. The largest absolute Gasteiger partial charge is 0.478 e. The SMILES string of the molecule is CCCCC(CC)N1CC(c2ccc(C(=O)NCCNC(C)=O)cc2)=Nc2cc(C(=O)O)ccc21. The summed E-state index contributed by atoms with van der Waals surface area (Å²) in [6, 6.07) is 12.7. The van der Waals surface area contributed by atoms with Crippen LogP contribution in [0, 0.1) is 0 Å². The van der Waals surface area contributed by atoms with Crippen LogP contribution in [0.4, 0.5) is 11.4 Å². The van der Waals surface area contributed by atoms with Crippen molar-refractivity contribution in [3.8, 4) is 0 Å². The molecule has 0 spiro atoms. The lowest BCUT2D eigenvalue weighted by Crippen LogP contribution is -2.41. The molecule has 3 N–H and O–H groups in total. The second-order valence-corrected chi connectivity index (χ2v) is 8.72. The van der Waals surface area contributed by atoms with E-state index in [1.807, 2.05) is 18.2 Å². The highest BCUT2D eigenvalue weighted by atomic mass is 16.4. The van der Waals surface area contributed by atoms with E-state index in [4.69, 9.17) is 4.99 Å². The molecule has 1 atom stereocenters. The molecule has 0 saturated heterocycles. The van der Waals surface area contributed by atoms with Crippen molar-refractivity contribution in [2.24, 2.45) is 4.99 Å². The minimum Gasteiger partial charge on any atom is -0.478 e. The molecule has 8 nitrogen and oxygen atoms in total. The maximum atomic E-state index is 12.4. The van der Waals surface area contributed by atoms with Gasteiger partial charge in [-0.2, -0.15) is 0 Å². The van der Waals surface area contributed by atoms with Gasteiger partial charge in [0.05, 0.1) is 29.2 Å². The Hall–Kier alpha value is -3.68. The molecule has 1 unspecified atom stereocenters. The van der Waals surface area contributed by atoms with Gasteiger partial charge in [-0.3, -0.25) is 9.59 Å². The van der Waals surface area contributed by atoms with Crippen LogP contribution < -0.4 is 15.5 Å². The molecule has 8 heteroatoms. The van der Waals surface area contributed by atoms with E-state index in [-0.39, 0.29) is 17.4 Å². The smallest absolute Gasteiger partial charge is 0.335 e. The summed E-state index contributed by atoms with van der Waals surface area (Å²) in [6.45, 7) is 7.13. The summed E-state index contributed by atoms with van der Waals surface area (Å²) in [5, 5.41) is 14.9. The van der Waals surface area contributed by atoms with Crippen LogP contribution in [0.1, 0.15) is 72.7 Å². The van der Waals surface area contributed by atoms with E-state index in [1.54, 1.807) is 24.3 Å². The van der Waals surface area contributed by atoms with Gasteiger partial charge in [-0.05, 0) is 48.7 Å². The Labute approximate surface area is 206 Å². The van der Waals surface area contributed by atoms with Gasteiger partial charge in [-0.1, -0.05) is 38.8 Å². The van der Waals surface area contributed by atoms with E-state index < -0.39 is 5.97 Å². The topological polar surface area (TPSA) is 111 Å². The minimum atomic E-state index is -0.978. The molecule has 1 heterocycles. The van der Waals surface area contributed by atoms with E-state index in [0.717, 1.165) is 42.6 Å². The van der Waals surface area contributed by atoms with Crippen molar-refractivity contribution < 1.29 is 19.5 Å². The zero-order valence-electron chi connectivity index (χ0n) is 20.6. The second-order valence-electron chi connectivity index (χ2n) is 8.72. The number of carboxylic acids is 1. The molecule has 0 aromatic heterocycles. The van der Waals surface area contributed by atoms with Crippen molar-refractivity contribution in [3.63, 3.8) is 0 Å². The first-order chi connectivity index (χ1) is 16.8.